The third kappa shape index (κ3) is 3.64. The molecule has 0 radical (unpaired) electrons. The third-order valence-electron chi connectivity index (χ3n) is 4.91. The zero-order valence-corrected chi connectivity index (χ0v) is 15.1. The van der Waals surface area contributed by atoms with Crippen LogP contribution in [-0.4, -0.2) is 22.8 Å². The molecule has 0 unspecified atom stereocenters. The monoisotopic (exact) mass is 374 g/mol. The van der Waals surface area contributed by atoms with Crippen LogP contribution in [0.15, 0.2) is 78.9 Å². The summed E-state index contributed by atoms with van der Waals surface area (Å²) in [5.74, 6) is -0.814. The van der Waals surface area contributed by atoms with Crippen LogP contribution in [0.4, 0.5) is 10.1 Å². The van der Waals surface area contributed by atoms with Gasteiger partial charge in [-0.25, -0.2) is 4.39 Å². The van der Waals surface area contributed by atoms with Gasteiger partial charge in [-0.05, 0) is 41.5 Å². The molecule has 0 aromatic heterocycles. The van der Waals surface area contributed by atoms with Crippen molar-refractivity contribution < 1.29 is 14.0 Å². The van der Waals surface area contributed by atoms with E-state index in [4.69, 9.17) is 0 Å². The maximum Gasteiger partial charge on any atom is 0.255 e. The smallest absolute Gasteiger partial charge is 0.255 e. The number of hydrogen-bond donors (Lipinski definition) is 1. The van der Waals surface area contributed by atoms with Crippen LogP contribution in [0.5, 0.6) is 0 Å². The molecule has 1 aliphatic rings. The highest BCUT2D eigenvalue weighted by atomic mass is 19.1. The summed E-state index contributed by atoms with van der Waals surface area (Å²) in [7, 11) is 0. The molecule has 0 aliphatic carbocycles. The van der Waals surface area contributed by atoms with Gasteiger partial charge in [-0.2, -0.15) is 0 Å². The average Bonchev–Trinajstić information content (AvgIpc) is 3.05. The summed E-state index contributed by atoms with van der Waals surface area (Å²) in [6, 6.07) is 21.9. The van der Waals surface area contributed by atoms with Crippen molar-refractivity contribution in [3.63, 3.8) is 0 Å². The fraction of sp³-hybridized carbons (Fsp3) is 0.130. The highest BCUT2D eigenvalue weighted by molar-refractivity contribution is 6.03. The first-order chi connectivity index (χ1) is 13.6. The van der Waals surface area contributed by atoms with E-state index in [0.717, 1.165) is 11.1 Å². The largest absolute Gasteiger partial charge is 0.324 e. The number of carbonyl (C=O) groups is 2. The van der Waals surface area contributed by atoms with E-state index in [1.165, 1.54) is 24.3 Å². The molecule has 1 heterocycles. The van der Waals surface area contributed by atoms with Gasteiger partial charge in [0, 0.05) is 24.2 Å². The summed E-state index contributed by atoms with van der Waals surface area (Å²) in [6.45, 7) is 0.392. The van der Waals surface area contributed by atoms with Gasteiger partial charge in [-0.1, -0.05) is 48.5 Å². The molecular formula is C23H19FN2O2. The van der Waals surface area contributed by atoms with Gasteiger partial charge in [0.15, 0.2) is 0 Å². The molecule has 28 heavy (non-hydrogen) atoms. The Morgan fingerprint density at radius 2 is 1.64 bits per heavy atom. The van der Waals surface area contributed by atoms with Crippen molar-refractivity contribution >= 4 is 17.5 Å². The molecule has 5 heteroatoms. The predicted octanol–water partition coefficient (Wildman–Crippen LogP) is 4.03. The zero-order chi connectivity index (χ0) is 19.5. The molecule has 0 spiro atoms. The van der Waals surface area contributed by atoms with Gasteiger partial charge >= 0.3 is 0 Å². The first kappa shape index (κ1) is 17.9. The Balaban J connectivity index is 1.61. The lowest BCUT2D eigenvalue weighted by Crippen LogP contribution is -2.45. The Morgan fingerprint density at radius 1 is 0.964 bits per heavy atom. The molecule has 2 amide bonds. The van der Waals surface area contributed by atoms with E-state index in [1.54, 1.807) is 11.0 Å². The number of rotatable bonds is 5. The fourth-order valence-corrected chi connectivity index (χ4v) is 3.47. The molecular weight excluding hydrogens is 355 g/mol. The van der Waals surface area contributed by atoms with Gasteiger partial charge in [0.2, 0.25) is 5.91 Å². The van der Waals surface area contributed by atoms with E-state index in [0.29, 0.717) is 24.2 Å². The molecule has 0 saturated carbocycles. The van der Waals surface area contributed by atoms with Crippen molar-refractivity contribution in [3.8, 4) is 0 Å². The van der Waals surface area contributed by atoms with Gasteiger partial charge in [-0.3, -0.25) is 9.59 Å². The second-order valence-corrected chi connectivity index (χ2v) is 6.79. The summed E-state index contributed by atoms with van der Waals surface area (Å²) >= 11 is 0. The second kappa shape index (κ2) is 7.64. The number of amides is 2. The van der Waals surface area contributed by atoms with E-state index in [9.17, 15) is 14.0 Å². The van der Waals surface area contributed by atoms with E-state index < -0.39 is 6.04 Å². The van der Waals surface area contributed by atoms with E-state index >= 15 is 0 Å². The number of nitrogens with one attached hydrogen (secondary N) is 1. The molecule has 0 bridgehead atoms. The second-order valence-electron chi connectivity index (χ2n) is 6.79. The molecule has 3 aromatic carbocycles. The molecule has 4 rings (SSSR count). The van der Waals surface area contributed by atoms with Crippen molar-refractivity contribution in [1.82, 2.24) is 4.90 Å². The molecule has 0 saturated heterocycles. The minimum atomic E-state index is -0.674. The number of halogens is 1. The number of fused-ring (bicyclic) bond motifs is 1. The molecule has 1 aliphatic heterocycles. The summed E-state index contributed by atoms with van der Waals surface area (Å²) < 4.78 is 13.2. The van der Waals surface area contributed by atoms with Gasteiger partial charge < -0.3 is 10.2 Å². The normalized spacial score (nSPS) is 13.9. The van der Waals surface area contributed by atoms with Crippen molar-refractivity contribution in [2.75, 3.05) is 5.32 Å². The van der Waals surface area contributed by atoms with Gasteiger partial charge in [0.05, 0.1) is 0 Å². The molecule has 1 N–H and O–H groups in total. The van der Waals surface area contributed by atoms with Crippen molar-refractivity contribution in [2.45, 2.75) is 19.0 Å². The minimum Gasteiger partial charge on any atom is -0.324 e. The number of carbonyl (C=O) groups excluding carboxylic acids is 2. The maximum absolute atomic E-state index is 13.2. The van der Waals surface area contributed by atoms with Crippen molar-refractivity contribution in [2.24, 2.45) is 0 Å². The Morgan fingerprint density at radius 3 is 2.36 bits per heavy atom. The third-order valence-corrected chi connectivity index (χ3v) is 4.91. The number of anilines is 1. The first-order valence-corrected chi connectivity index (χ1v) is 9.11. The Bertz CT molecular complexity index is 1000. The van der Waals surface area contributed by atoms with Crippen LogP contribution in [-0.2, 0) is 17.8 Å². The topological polar surface area (TPSA) is 49.4 Å². The molecule has 0 fully saturated rings. The highest BCUT2D eigenvalue weighted by Crippen LogP contribution is 2.26. The Hall–Kier alpha value is -3.47. The summed E-state index contributed by atoms with van der Waals surface area (Å²) in [4.78, 5) is 27.6. The Kier molecular flexibility index (Phi) is 4.89. The van der Waals surface area contributed by atoms with Crippen LogP contribution in [0.2, 0.25) is 0 Å². The minimum absolute atomic E-state index is 0.147. The van der Waals surface area contributed by atoms with Crippen LogP contribution < -0.4 is 5.32 Å². The van der Waals surface area contributed by atoms with E-state index in [2.05, 4.69) is 5.32 Å². The lowest BCUT2D eigenvalue weighted by Gasteiger charge is -2.27. The van der Waals surface area contributed by atoms with Crippen LogP contribution in [0.3, 0.4) is 0 Å². The number of nitrogens with zero attached hydrogens (tertiary/aromatic N) is 1. The summed E-state index contributed by atoms with van der Waals surface area (Å²) in [6.07, 6.45) is 0.396. The molecule has 4 nitrogen and oxygen atoms in total. The lowest BCUT2D eigenvalue weighted by atomic mass is 10.0. The van der Waals surface area contributed by atoms with Crippen LogP contribution in [0.1, 0.15) is 21.5 Å². The van der Waals surface area contributed by atoms with Gasteiger partial charge in [0.1, 0.15) is 11.9 Å². The van der Waals surface area contributed by atoms with E-state index in [1.807, 2.05) is 48.5 Å². The lowest BCUT2D eigenvalue weighted by molar-refractivity contribution is -0.120. The summed E-state index contributed by atoms with van der Waals surface area (Å²) in [5, 5.41) is 2.81. The molecule has 140 valence electrons. The quantitative estimate of drug-likeness (QED) is 0.733. The Labute approximate surface area is 162 Å². The molecule has 3 aromatic rings. The predicted molar refractivity (Wildman–Crippen MR) is 105 cm³/mol. The van der Waals surface area contributed by atoms with Crippen molar-refractivity contribution in [1.29, 1.82) is 0 Å². The maximum atomic E-state index is 13.2. The first-order valence-electron chi connectivity index (χ1n) is 9.11. The van der Waals surface area contributed by atoms with Crippen LogP contribution in [0, 0.1) is 5.82 Å². The van der Waals surface area contributed by atoms with Crippen LogP contribution >= 0.6 is 0 Å². The van der Waals surface area contributed by atoms with E-state index in [-0.39, 0.29) is 17.6 Å². The standard InChI is InChI=1S/C23H19FN2O2/c24-18-10-12-19(13-11-18)25-22(27)21(14-16-6-2-1-3-7-16)26-15-17-8-4-5-9-20(17)23(26)28/h1-13,21H,14-15H2,(H,25,27)/t21-/m0/s1. The SMILES string of the molecule is O=C(Nc1ccc(F)cc1)[C@H](Cc1ccccc1)N1Cc2ccccc2C1=O. The van der Waals surface area contributed by atoms with Crippen molar-refractivity contribution in [3.05, 3.63) is 101 Å². The van der Waals surface area contributed by atoms with Gasteiger partial charge in [0.25, 0.3) is 5.91 Å². The van der Waals surface area contributed by atoms with Gasteiger partial charge in [-0.15, -0.1) is 0 Å². The average molecular weight is 374 g/mol. The number of hydrogen-bond acceptors (Lipinski definition) is 2. The number of benzene rings is 3. The fourth-order valence-electron chi connectivity index (χ4n) is 3.47. The summed E-state index contributed by atoms with van der Waals surface area (Å²) in [5.41, 5.74) is 3.01. The van der Waals surface area contributed by atoms with Crippen LogP contribution in [0.25, 0.3) is 0 Å². The zero-order valence-electron chi connectivity index (χ0n) is 15.1. The molecule has 1 atom stereocenters. The highest BCUT2D eigenvalue weighted by Gasteiger charge is 2.36.